The highest BCUT2D eigenvalue weighted by molar-refractivity contribution is 14.0. The third-order valence-electron chi connectivity index (χ3n) is 5.06. The van der Waals surface area contributed by atoms with Crippen LogP contribution in [0.4, 0.5) is 0 Å². The molecule has 1 aromatic carbocycles. The standard InChI is InChI=1S/C20H34N4O2.HI/c1-16-7-4-5-13-24(16)14-6-11-22-20(21-2)23-12-10-17-8-9-18(26-3)15-19(17)25;/h8-9,15-16,25H,4-7,10-14H2,1-3H3,(H2,21,22,23);1H. The molecule has 0 radical (unpaired) electrons. The number of rotatable bonds is 8. The normalized spacial score (nSPS) is 17.9. The van der Waals surface area contributed by atoms with E-state index in [-0.39, 0.29) is 29.7 Å². The van der Waals surface area contributed by atoms with Crippen molar-refractivity contribution in [3.8, 4) is 11.5 Å². The molecule has 1 aliphatic rings. The number of halogens is 1. The van der Waals surface area contributed by atoms with Crippen molar-refractivity contribution >= 4 is 29.9 Å². The molecule has 0 spiro atoms. The first-order chi connectivity index (χ1) is 12.6. The van der Waals surface area contributed by atoms with Gasteiger partial charge in [0.15, 0.2) is 5.96 Å². The second-order valence-corrected chi connectivity index (χ2v) is 6.90. The van der Waals surface area contributed by atoms with Gasteiger partial charge in [-0.25, -0.2) is 0 Å². The van der Waals surface area contributed by atoms with Crippen LogP contribution in [0, 0.1) is 0 Å². The molecule has 2 rings (SSSR count). The van der Waals surface area contributed by atoms with Gasteiger partial charge < -0.3 is 25.4 Å². The topological polar surface area (TPSA) is 69.1 Å². The summed E-state index contributed by atoms with van der Waals surface area (Å²) in [4.78, 5) is 6.86. The average molecular weight is 490 g/mol. The Morgan fingerprint density at radius 3 is 2.74 bits per heavy atom. The van der Waals surface area contributed by atoms with E-state index >= 15 is 0 Å². The van der Waals surface area contributed by atoms with Crippen LogP contribution in [0.5, 0.6) is 11.5 Å². The lowest BCUT2D eigenvalue weighted by molar-refractivity contribution is 0.159. The smallest absolute Gasteiger partial charge is 0.190 e. The molecule has 154 valence electrons. The van der Waals surface area contributed by atoms with Crippen molar-refractivity contribution in [3.05, 3.63) is 23.8 Å². The number of nitrogens with zero attached hydrogens (tertiary/aromatic N) is 2. The second-order valence-electron chi connectivity index (χ2n) is 6.90. The van der Waals surface area contributed by atoms with Crippen LogP contribution in [0.3, 0.4) is 0 Å². The zero-order chi connectivity index (χ0) is 18.8. The molecule has 1 atom stereocenters. The van der Waals surface area contributed by atoms with E-state index in [9.17, 15) is 5.11 Å². The van der Waals surface area contributed by atoms with E-state index in [1.165, 1.54) is 25.8 Å². The molecular formula is C20H35IN4O2. The Bertz CT molecular complexity index is 583. The van der Waals surface area contributed by atoms with Gasteiger partial charge in [0.05, 0.1) is 7.11 Å². The minimum atomic E-state index is 0. The second kappa shape index (κ2) is 13.0. The third-order valence-corrected chi connectivity index (χ3v) is 5.06. The van der Waals surface area contributed by atoms with E-state index in [0.717, 1.165) is 43.5 Å². The predicted octanol–water partition coefficient (Wildman–Crippen LogP) is 2.99. The maximum absolute atomic E-state index is 10.0. The van der Waals surface area contributed by atoms with Crippen molar-refractivity contribution in [1.82, 2.24) is 15.5 Å². The van der Waals surface area contributed by atoms with Crippen LogP contribution in [0.2, 0.25) is 0 Å². The largest absolute Gasteiger partial charge is 0.508 e. The molecule has 1 saturated heterocycles. The van der Waals surface area contributed by atoms with E-state index in [4.69, 9.17) is 4.74 Å². The summed E-state index contributed by atoms with van der Waals surface area (Å²) < 4.78 is 5.11. The highest BCUT2D eigenvalue weighted by Gasteiger charge is 2.17. The highest BCUT2D eigenvalue weighted by atomic mass is 127. The average Bonchev–Trinajstić information content (AvgIpc) is 2.66. The molecule has 0 aliphatic carbocycles. The van der Waals surface area contributed by atoms with Gasteiger partial charge in [-0.05, 0) is 50.8 Å². The summed E-state index contributed by atoms with van der Waals surface area (Å²) >= 11 is 0. The number of aliphatic imine (C=N–C) groups is 1. The predicted molar refractivity (Wildman–Crippen MR) is 123 cm³/mol. The zero-order valence-electron chi connectivity index (χ0n) is 16.8. The van der Waals surface area contributed by atoms with Gasteiger partial charge in [-0.3, -0.25) is 4.99 Å². The Kier molecular flexibility index (Phi) is 11.5. The molecule has 0 bridgehead atoms. The number of guanidine groups is 1. The first-order valence-electron chi connectivity index (χ1n) is 9.68. The molecular weight excluding hydrogens is 455 g/mol. The number of hydrogen-bond donors (Lipinski definition) is 3. The number of phenols is 1. The van der Waals surface area contributed by atoms with Crippen molar-refractivity contribution in [2.45, 2.75) is 45.1 Å². The summed E-state index contributed by atoms with van der Waals surface area (Å²) in [6.07, 6.45) is 5.87. The number of hydrogen-bond acceptors (Lipinski definition) is 4. The molecule has 0 aromatic heterocycles. The number of ether oxygens (including phenoxy) is 1. The van der Waals surface area contributed by atoms with E-state index in [2.05, 4.69) is 27.4 Å². The summed E-state index contributed by atoms with van der Waals surface area (Å²) in [6, 6.07) is 6.12. The number of likely N-dealkylation sites (tertiary alicyclic amines) is 1. The fourth-order valence-electron chi connectivity index (χ4n) is 3.40. The zero-order valence-corrected chi connectivity index (χ0v) is 19.2. The van der Waals surface area contributed by atoms with Crippen molar-refractivity contribution in [2.24, 2.45) is 4.99 Å². The van der Waals surface area contributed by atoms with Gasteiger partial charge in [0.25, 0.3) is 0 Å². The first-order valence-corrected chi connectivity index (χ1v) is 9.68. The molecule has 0 saturated carbocycles. The first kappa shape index (κ1) is 23.8. The van der Waals surface area contributed by atoms with Crippen molar-refractivity contribution in [2.75, 3.05) is 40.3 Å². The van der Waals surface area contributed by atoms with Crippen LogP contribution in [0.1, 0.15) is 38.2 Å². The van der Waals surface area contributed by atoms with Gasteiger partial charge in [0, 0.05) is 38.8 Å². The molecule has 3 N–H and O–H groups in total. The summed E-state index contributed by atoms with van der Waals surface area (Å²) in [5, 5.41) is 16.7. The number of piperidine rings is 1. The minimum Gasteiger partial charge on any atom is -0.508 e. The molecule has 1 aliphatic heterocycles. The lowest BCUT2D eigenvalue weighted by atomic mass is 10.0. The number of nitrogens with one attached hydrogen (secondary N) is 2. The Balaban J connectivity index is 0.00000364. The van der Waals surface area contributed by atoms with Crippen molar-refractivity contribution in [3.63, 3.8) is 0 Å². The Morgan fingerprint density at radius 2 is 2.07 bits per heavy atom. The van der Waals surface area contributed by atoms with Crippen LogP contribution < -0.4 is 15.4 Å². The molecule has 1 aromatic rings. The summed E-state index contributed by atoms with van der Waals surface area (Å²) in [7, 11) is 3.38. The third kappa shape index (κ3) is 8.13. The Labute approximate surface area is 180 Å². The van der Waals surface area contributed by atoms with Crippen LogP contribution >= 0.6 is 24.0 Å². The quantitative estimate of drug-likeness (QED) is 0.226. The van der Waals surface area contributed by atoms with Crippen molar-refractivity contribution in [1.29, 1.82) is 0 Å². The highest BCUT2D eigenvalue weighted by Crippen LogP contribution is 2.23. The molecule has 1 fully saturated rings. The summed E-state index contributed by atoms with van der Waals surface area (Å²) in [5.74, 6) is 1.74. The molecule has 6 nitrogen and oxygen atoms in total. The monoisotopic (exact) mass is 490 g/mol. The van der Waals surface area contributed by atoms with Crippen LogP contribution in [0.15, 0.2) is 23.2 Å². The van der Waals surface area contributed by atoms with E-state index in [1.54, 1.807) is 20.2 Å². The maximum Gasteiger partial charge on any atom is 0.190 e. The fourth-order valence-corrected chi connectivity index (χ4v) is 3.40. The Hall–Kier alpha value is -1.22. The molecule has 1 unspecified atom stereocenters. The molecule has 1 heterocycles. The van der Waals surface area contributed by atoms with Crippen LogP contribution in [-0.4, -0.2) is 62.3 Å². The summed E-state index contributed by atoms with van der Waals surface area (Å²) in [6.45, 7) is 6.34. The molecule has 27 heavy (non-hydrogen) atoms. The summed E-state index contributed by atoms with van der Waals surface area (Å²) in [5.41, 5.74) is 0.896. The van der Waals surface area contributed by atoms with Gasteiger partial charge in [-0.2, -0.15) is 0 Å². The van der Waals surface area contributed by atoms with Crippen molar-refractivity contribution < 1.29 is 9.84 Å². The number of benzene rings is 1. The minimum absolute atomic E-state index is 0. The lowest BCUT2D eigenvalue weighted by Gasteiger charge is -2.33. The van der Waals surface area contributed by atoms with Crippen LogP contribution in [-0.2, 0) is 6.42 Å². The number of phenolic OH excluding ortho intramolecular Hbond substituents is 1. The number of aromatic hydroxyl groups is 1. The molecule has 7 heteroatoms. The molecule has 0 amide bonds. The van der Waals surface area contributed by atoms with Gasteiger partial charge >= 0.3 is 0 Å². The van der Waals surface area contributed by atoms with Gasteiger partial charge in [-0.15, -0.1) is 24.0 Å². The van der Waals surface area contributed by atoms with Gasteiger partial charge in [0.2, 0.25) is 0 Å². The fraction of sp³-hybridized carbons (Fsp3) is 0.650. The van der Waals surface area contributed by atoms with E-state index in [1.807, 2.05) is 12.1 Å². The van der Waals surface area contributed by atoms with Gasteiger partial charge in [0.1, 0.15) is 11.5 Å². The van der Waals surface area contributed by atoms with Gasteiger partial charge in [-0.1, -0.05) is 12.5 Å². The maximum atomic E-state index is 10.0. The SMILES string of the molecule is CN=C(NCCCN1CCCCC1C)NCCc1ccc(OC)cc1O.I. The van der Waals surface area contributed by atoms with E-state index in [0.29, 0.717) is 12.3 Å². The van der Waals surface area contributed by atoms with Crippen LogP contribution in [0.25, 0.3) is 0 Å². The Morgan fingerprint density at radius 1 is 1.30 bits per heavy atom. The lowest BCUT2D eigenvalue weighted by Crippen LogP contribution is -2.41. The number of methoxy groups -OCH3 is 1. The van der Waals surface area contributed by atoms with E-state index < -0.39 is 0 Å².